The van der Waals surface area contributed by atoms with E-state index >= 15 is 0 Å². The van der Waals surface area contributed by atoms with Gasteiger partial charge in [-0.3, -0.25) is 4.79 Å². The molecule has 1 N–H and O–H groups in total. The zero-order chi connectivity index (χ0) is 21.3. The fourth-order valence-corrected chi connectivity index (χ4v) is 3.01. The molecule has 1 atom stereocenters. The fraction of sp³-hybridized carbons (Fsp3) is 0.391. The Morgan fingerprint density at radius 2 is 1.73 bits per heavy atom. The Balaban J connectivity index is 1.50. The van der Waals surface area contributed by atoms with Gasteiger partial charge in [-0.15, -0.1) is 0 Å². The minimum atomic E-state index is -0.924. The molecule has 0 aliphatic carbocycles. The number of benzene rings is 2. The summed E-state index contributed by atoms with van der Waals surface area (Å²) in [4.78, 5) is 26.9. The number of nitrogens with one attached hydrogen (secondary N) is 1. The molecular weight excluding hydrogens is 384 g/mol. The summed E-state index contributed by atoms with van der Waals surface area (Å²) in [5, 5.41) is 2.78. The second kappa shape index (κ2) is 10.6. The summed E-state index contributed by atoms with van der Waals surface area (Å²) < 4.78 is 16.2. The van der Waals surface area contributed by atoms with Crippen LogP contribution < -0.4 is 15.0 Å². The Bertz CT molecular complexity index is 830. The summed E-state index contributed by atoms with van der Waals surface area (Å²) in [6.07, 6.45) is -0.0146. The smallest absolute Gasteiger partial charge is 0.338 e. The van der Waals surface area contributed by atoms with Gasteiger partial charge in [0.15, 0.2) is 6.10 Å². The van der Waals surface area contributed by atoms with Crippen molar-refractivity contribution >= 4 is 23.3 Å². The first-order valence-corrected chi connectivity index (χ1v) is 10.2. The van der Waals surface area contributed by atoms with Crippen LogP contribution in [0.3, 0.4) is 0 Å². The number of amides is 1. The highest BCUT2D eigenvalue weighted by Gasteiger charge is 2.19. The Morgan fingerprint density at radius 1 is 1.07 bits per heavy atom. The lowest BCUT2D eigenvalue weighted by molar-refractivity contribution is -0.123. The summed E-state index contributed by atoms with van der Waals surface area (Å²) in [6, 6.07) is 14.3. The van der Waals surface area contributed by atoms with E-state index in [4.69, 9.17) is 14.2 Å². The van der Waals surface area contributed by atoms with E-state index in [1.165, 1.54) is 0 Å². The van der Waals surface area contributed by atoms with Crippen LogP contribution in [0.15, 0.2) is 48.5 Å². The molecule has 0 aromatic heterocycles. The number of carbonyl (C=O) groups excluding carboxylic acids is 2. The van der Waals surface area contributed by atoms with Crippen molar-refractivity contribution in [3.63, 3.8) is 0 Å². The van der Waals surface area contributed by atoms with Crippen LogP contribution in [0.5, 0.6) is 5.75 Å². The van der Waals surface area contributed by atoms with Gasteiger partial charge in [-0.2, -0.15) is 0 Å². The summed E-state index contributed by atoms with van der Waals surface area (Å²) in [6.45, 7) is 7.33. The van der Waals surface area contributed by atoms with Crippen molar-refractivity contribution in [2.75, 3.05) is 43.1 Å². The van der Waals surface area contributed by atoms with Gasteiger partial charge < -0.3 is 24.4 Å². The van der Waals surface area contributed by atoms with Crippen LogP contribution in [-0.2, 0) is 14.3 Å². The molecule has 1 saturated heterocycles. The number of anilines is 2. The van der Waals surface area contributed by atoms with Gasteiger partial charge in [0.25, 0.3) is 5.91 Å². The van der Waals surface area contributed by atoms with Crippen LogP contribution in [0.4, 0.5) is 11.4 Å². The van der Waals surface area contributed by atoms with Crippen molar-refractivity contribution in [2.24, 2.45) is 0 Å². The molecule has 30 heavy (non-hydrogen) atoms. The predicted octanol–water partition coefficient (Wildman–Crippen LogP) is 3.50. The van der Waals surface area contributed by atoms with Crippen molar-refractivity contribution in [1.82, 2.24) is 0 Å². The molecule has 0 spiro atoms. The highest BCUT2D eigenvalue weighted by Crippen LogP contribution is 2.19. The van der Waals surface area contributed by atoms with E-state index in [0.29, 0.717) is 23.6 Å². The standard InChI is InChI=1S/C23H28N2O5/c1-3-14-29-21-10-4-18(5-11-21)23(27)30-17(2)22(26)24-19-6-8-20(9-7-19)25-12-15-28-16-13-25/h4-11,17H,3,12-16H2,1-2H3,(H,24,26)/t17-/m1/s1. The van der Waals surface area contributed by atoms with Gasteiger partial charge in [0.2, 0.25) is 0 Å². The summed E-state index contributed by atoms with van der Waals surface area (Å²) in [7, 11) is 0. The van der Waals surface area contributed by atoms with E-state index < -0.39 is 12.1 Å². The topological polar surface area (TPSA) is 77.1 Å². The molecule has 1 fully saturated rings. The lowest BCUT2D eigenvalue weighted by Crippen LogP contribution is -2.36. The molecule has 1 amide bonds. The Hall–Kier alpha value is -3.06. The zero-order valence-corrected chi connectivity index (χ0v) is 17.4. The van der Waals surface area contributed by atoms with E-state index in [1.54, 1.807) is 31.2 Å². The van der Waals surface area contributed by atoms with Crippen LogP contribution in [0.25, 0.3) is 0 Å². The molecule has 2 aromatic carbocycles. The predicted molar refractivity (Wildman–Crippen MR) is 115 cm³/mol. The lowest BCUT2D eigenvalue weighted by Gasteiger charge is -2.28. The maximum atomic E-state index is 12.4. The summed E-state index contributed by atoms with van der Waals surface area (Å²) in [5.41, 5.74) is 2.10. The third-order valence-corrected chi connectivity index (χ3v) is 4.73. The maximum absolute atomic E-state index is 12.4. The van der Waals surface area contributed by atoms with E-state index in [-0.39, 0.29) is 5.91 Å². The van der Waals surface area contributed by atoms with Crippen LogP contribution in [-0.4, -0.2) is 50.9 Å². The molecule has 3 rings (SSSR count). The van der Waals surface area contributed by atoms with Gasteiger partial charge in [0, 0.05) is 24.5 Å². The molecule has 0 bridgehead atoms. The third-order valence-electron chi connectivity index (χ3n) is 4.73. The maximum Gasteiger partial charge on any atom is 0.338 e. The van der Waals surface area contributed by atoms with Gasteiger partial charge in [-0.05, 0) is 61.9 Å². The number of hydrogen-bond acceptors (Lipinski definition) is 6. The summed E-state index contributed by atoms with van der Waals surface area (Å²) in [5.74, 6) is -0.243. The molecular formula is C23H28N2O5. The van der Waals surface area contributed by atoms with Gasteiger partial charge >= 0.3 is 5.97 Å². The molecule has 1 heterocycles. The Labute approximate surface area is 176 Å². The molecule has 7 nitrogen and oxygen atoms in total. The lowest BCUT2D eigenvalue weighted by atomic mass is 10.2. The largest absolute Gasteiger partial charge is 0.494 e. The molecule has 1 aliphatic heterocycles. The number of rotatable bonds is 8. The van der Waals surface area contributed by atoms with Crippen molar-refractivity contribution in [3.05, 3.63) is 54.1 Å². The van der Waals surface area contributed by atoms with Gasteiger partial charge in [-0.25, -0.2) is 4.79 Å². The van der Waals surface area contributed by atoms with Crippen LogP contribution in [0.2, 0.25) is 0 Å². The number of esters is 1. The normalized spacial score (nSPS) is 14.7. The highest BCUT2D eigenvalue weighted by atomic mass is 16.5. The molecule has 0 saturated carbocycles. The van der Waals surface area contributed by atoms with E-state index in [9.17, 15) is 9.59 Å². The van der Waals surface area contributed by atoms with Crippen LogP contribution >= 0.6 is 0 Å². The molecule has 0 unspecified atom stereocenters. The van der Waals surface area contributed by atoms with Gasteiger partial charge in [0.1, 0.15) is 5.75 Å². The van der Waals surface area contributed by atoms with Gasteiger partial charge in [0.05, 0.1) is 25.4 Å². The van der Waals surface area contributed by atoms with Crippen molar-refractivity contribution in [1.29, 1.82) is 0 Å². The van der Waals surface area contributed by atoms with E-state index in [2.05, 4.69) is 10.2 Å². The number of morpholine rings is 1. The Morgan fingerprint density at radius 3 is 2.37 bits per heavy atom. The zero-order valence-electron chi connectivity index (χ0n) is 17.4. The van der Waals surface area contributed by atoms with Crippen molar-refractivity contribution < 1.29 is 23.8 Å². The van der Waals surface area contributed by atoms with Crippen LogP contribution in [0, 0.1) is 0 Å². The first kappa shape index (κ1) is 21.6. The molecule has 7 heteroatoms. The molecule has 1 aliphatic rings. The number of nitrogens with zero attached hydrogens (tertiary/aromatic N) is 1. The summed E-state index contributed by atoms with van der Waals surface area (Å²) >= 11 is 0. The minimum absolute atomic E-state index is 0.369. The minimum Gasteiger partial charge on any atom is -0.494 e. The first-order valence-electron chi connectivity index (χ1n) is 10.2. The third kappa shape index (κ3) is 5.97. The van der Waals surface area contributed by atoms with Gasteiger partial charge in [-0.1, -0.05) is 6.92 Å². The molecule has 0 radical (unpaired) electrons. The second-order valence-corrected chi connectivity index (χ2v) is 7.06. The average molecular weight is 412 g/mol. The number of hydrogen-bond donors (Lipinski definition) is 1. The Kier molecular flexibility index (Phi) is 7.68. The molecule has 2 aromatic rings. The SMILES string of the molecule is CCCOc1ccc(C(=O)O[C@H](C)C(=O)Nc2ccc(N3CCOCC3)cc2)cc1. The monoisotopic (exact) mass is 412 g/mol. The van der Waals surface area contributed by atoms with E-state index in [0.717, 1.165) is 38.4 Å². The second-order valence-electron chi connectivity index (χ2n) is 7.06. The van der Waals surface area contributed by atoms with Crippen LogP contribution in [0.1, 0.15) is 30.6 Å². The number of carbonyl (C=O) groups is 2. The molecule has 160 valence electrons. The van der Waals surface area contributed by atoms with E-state index in [1.807, 2.05) is 31.2 Å². The average Bonchev–Trinajstić information content (AvgIpc) is 2.79. The quantitative estimate of drug-likeness (QED) is 0.669. The van der Waals surface area contributed by atoms with Crippen molar-refractivity contribution in [2.45, 2.75) is 26.4 Å². The first-order chi connectivity index (χ1) is 14.6. The fourth-order valence-electron chi connectivity index (χ4n) is 3.01. The number of ether oxygens (including phenoxy) is 3. The van der Waals surface area contributed by atoms with Crippen molar-refractivity contribution in [3.8, 4) is 5.75 Å². The highest BCUT2D eigenvalue weighted by molar-refractivity contribution is 5.97.